The van der Waals surface area contributed by atoms with Gasteiger partial charge in [-0.1, -0.05) is 36.4 Å². The van der Waals surface area contributed by atoms with Gasteiger partial charge >= 0.3 is 29.7 Å². The van der Waals surface area contributed by atoms with Crippen LogP contribution < -0.4 is 22.5 Å². The Morgan fingerprint density at radius 3 is 1.38 bits per heavy atom. The van der Waals surface area contributed by atoms with Crippen molar-refractivity contribution in [1.82, 2.24) is 37.8 Å². The number of carboxylic acids is 1. The van der Waals surface area contributed by atoms with Crippen molar-refractivity contribution in [2.45, 2.75) is 32.8 Å². The number of aliphatic hydroxyl groups excluding tert-OH is 1. The lowest BCUT2D eigenvalue weighted by Gasteiger charge is -2.18. The van der Waals surface area contributed by atoms with Gasteiger partial charge in [-0.25, -0.2) is 33.4 Å². The highest BCUT2D eigenvalue weighted by atomic mass is 19.4. The molecule has 71 heavy (non-hydrogen) atoms. The van der Waals surface area contributed by atoms with Gasteiger partial charge < -0.3 is 10.2 Å². The lowest BCUT2D eigenvalue weighted by molar-refractivity contribution is -0.138. The van der Waals surface area contributed by atoms with Crippen molar-refractivity contribution < 1.29 is 41.4 Å². The Morgan fingerprint density at radius 2 is 1.00 bits per heavy atom. The number of nitrogens with zero attached hydrogens (tertiary/aromatic N) is 10. The van der Waals surface area contributed by atoms with Gasteiger partial charge in [0, 0.05) is 31.0 Å². The van der Waals surface area contributed by atoms with Crippen LogP contribution in [0.5, 0.6) is 0 Å². The predicted molar refractivity (Wildman–Crippen MR) is 245 cm³/mol. The smallest absolute Gasteiger partial charge is 0.416 e. The SMILES string of the molecule is [C-]#[N+]c1ccc(-n2ncc(C(=O)O)c2-c2c(C)n(-c3cccc(C(F)(F)F)c3)c(=O)n(C)c2=O)cc1.[C-]#[N+]c1ccc(-n2ncc(CO)c2-c2c(C)n(-c3cccc(C(F)(F)F)c3)c(=O)n(C)c2=O)cc1. The van der Waals surface area contributed by atoms with Crippen LogP contribution in [0.15, 0.2) is 129 Å². The van der Waals surface area contributed by atoms with Gasteiger partial charge in [-0.05, 0) is 74.5 Å². The molecule has 0 bridgehead atoms. The van der Waals surface area contributed by atoms with Gasteiger partial charge in [0.2, 0.25) is 0 Å². The van der Waals surface area contributed by atoms with Crippen molar-refractivity contribution in [3.63, 3.8) is 0 Å². The van der Waals surface area contributed by atoms with E-state index in [1.54, 1.807) is 24.3 Å². The predicted octanol–water partition coefficient (Wildman–Crippen LogP) is 7.72. The van der Waals surface area contributed by atoms with Crippen molar-refractivity contribution in [1.29, 1.82) is 0 Å². The highest BCUT2D eigenvalue weighted by molar-refractivity contribution is 5.95. The molecule has 23 heteroatoms. The summed E-state index contributed by atoms with van der Waals surface area (Å²) in [6, 6.07) is 20.5. The number of benzene rings is 4. The van der Waals surface area contributed by atoms with Crippen LogP contribution >= 0.6 is 0 Å². The lowest BCUT2D eigenvalue weighted by Crippen LogP contribution is -2.40. The van der Waals surface area contributed by atoms with Crippen LogP contribution in [0, 0.1) is 27.0 Å². The Kier molecular flexibility index (Phi) is 13.2. The lowest BCUT2D eigenvalue weighted by atomic mass is 10.1. The minimum Gasteiger partial charge on any atom is -0.478 e. The number of aliphatic hydroxyl groups is 1. The number of carbonyl (C=O) groups is 1. The molecule has 0 aliphatic heterocycles. The average molecular weight is 977 g/mol. The van der Waals surface area contributed by atoms with Crippen molar-refractivity contribution in [3.8, 4) is 45.3 Å². The van der Waals surface area contributed by atoms with Crippen LogP contribution in [0.4, 0.5) is 37.7 Å². The summed E-state index contributed by atoms with van der Waals surface area (Å²) in [6.07, 6.45) is -6.92. The van der Waals surface area contributed by atoms with Crippen LogP contribution in [0.2, 0.25) is 0 Å². The van der Waals surface area contributed by atoms with Crippen molar-refractivity contribution in [2.24, 2.45) is 14.1 Å². The molecule has 0 spiro atoms. The fourth-order valence-corrected chi connectivity index (χ4v) is 7.66. The molecule has 0 amide bonds. The first-order chi connectivity index (χ1) is 33.5. The molecule has 8 aromatic rings. The number of hydrogen-bond acceptors (Lipinski definition) is 8. The van der Waals surface area contributed by atoms with Crippen molar-refractivity contribution in [3.05, 3.63) is 208 Å². The molecular formula is C48H34F6N10O7. The molecule has 0 fully saturated rings. The van der Waals surface area contributed by atoms with Gasteiger partial charge in [0.1, 0.15) is 5.56 Å². The molecule has 8 rings (SSSR count). The van der Waals surface area contributed by atoms with E-state index in [1.807, 2.05) is 0 Å². The van der Waals surface area contributed by atoms with Crippen LogP contribution in [0.3, 0.4) is 0 Å². The zero-order valence-corrected chi connectivity index (χ0v) is 37.3. The highest BCUT2D eigenvalue weighted by Crippen LogP contribution is 2.34. The van der Waals surface area contributed by atoms with E-state index in [1.165, 1.54) is 78.9 Å². The number of halogens is 6. The molecule has 4 heterocycles. The summed E-state index contributed by atoms with van der Waals surface area (Å²) in [5.41, 5.74) is -4.31. The Balaban J connectivity index is 0.000000209. The molecular weight excluding hydrogens is 943 g/mol. The van der Waals surface area contributed by atoms with E-state index in [4.69, 9.17) is 13.1 Å². The number of aromatic nitrogens is 8. The van der Waals surface area contributed by atoms with E-state index in [2.05, 4.69) is 19.9 Å². The Labute approximate surface area is 395 Å². The first-order valence-electron chi connectivity index (χ1n) is 20.5. The number of aromatic carboxylic acids is 1. The zero-order chi connectivity index (χ0) is 51.9. The fourth-order valence-electron chi connectivity index (χ4n) is 7.66. The molecule has 360 valence electrons. The molecule has 0 saturated heterocycles. The molecule has 0 aliphatic carbocycles. The second-order valence-electron chi connectivity index (χ2n) is 15.4. The Morgan fingerprint density at radius 1 is 0.606 bits per heavy atom. The number of alkyl halides is 6. The first kappa shape index (κ1) is 49.6. The standard InChI is InChI=1S/C24H16F3N5O4.C24H18F3N5O3/c1-13-19(20-18(22(34)35)12-29-32(20)16-9-7-15(28-2)8-10-16)21(33)30(3)23(36)31(13)17-6-4-5-14(11-17)24(25,26)27;1-14-20(21-15(13-33)12-29-32(21)18-9-7-17(28-2)8-10-18)22(34)30(3)23(35)31(14)19-6-4-5-16(11-19)24(25,26)27/h4-12H,1,3H3,(H,34,35);4-12,33H,13H2,1,3H3. The van der Waals surface area contributed by atoms with Gasteiger partial charge in [-0.3, -0.25) is 27.9 Å². The van der Waals surface area contributed by atoms with Crippen LogP contribution in [-0.4, -0.2) is 54.0 Å². The number of carboxylic acid groups (broad SMARTS) is 1. The molecule has 4 aromatic carbocycles. The van der Waals surface area contributed by atoms with Crippen molar-refractivity contribution >= 4 is 17.3 Å². The van der Waals surface area contributed by atoms with Gasteiger partial charge in [0.05, 0.1) is 88.5 Å². The number of hydrogen-bond donors (Lipinski definition) is 2. The minimum atomic E-state index is -4.68. The summed E-state index contributed by atoms with van der Waals surface area (Å²) in [7, 11) is 2.37. The van der Waals surface area contributed by atoms with Crippen molar-refractivity contribution in [2.75, 3.05) is 0 Å². The maximum absolute atomic E-state index is 13.3. The highest BCUT2D eigenvalue weighted by Gasteiger charge is 2.33. The van der Waals surface area contributed by atoms with Crippen LogP contribution in [-0.2, 0) is 33.1 Å². The monoisotopic (exact) mass is 976 g/mol. The molecule has 0 radical (unpaired) electrons. The largest absolute Gasteiger partial charge is 0.478 e. The third-order valence-electron chi connectivity index (χ3n) is 11.2. The quantitative estimate of drug-likeness (QED) is 0.113. The van der Waals surface area contributed by atoms with Crippen LogP contribution in [0.1, 0.15) is 38.4 Å². The molecule has 0 atom stereocenters. The number of rotatable bonds is 8. The fraction of sp³-hybridized carbons (Fsp3) is 0.146. The summed E-state index contributed by atoms with van der Waals surface area (Å²) in [4.78, 5) is 71.2. The van der Waals surface area contributed by atoms with Gasteiger partial charge in [-0.2, -0.15) is 36.5 Å². The van der Waals surface area contributed by atoms with E-state index < -0.39 is 58.6 Å². The van der Waals surface area contributed by atoms with Crippen LogP contribution in [0.25, 0.3) is 55.0 Å². The van der Waals surface area contributed by atoms with E-state index in [0.29, 0.717) is 27.3 Å². The summed E-state index contributed by atoms with van der Waals surface area (Å²) < 4.78 is 85.9. The normalized spacial score (nSPS) is 11.4. The Bertz CT molecular complexity index is 3750. The zero-order valence-electron chi connectivity index (χ0n) is 37.3. The third-order valence-corrected chi connectivity index (χ3v) is 11.2. The summed E-state index contributed by atoms with van der Waals surface area (Å²) in [6.45, 7) is 16.5. The maximum Gasteiger partial charge on any atom is 0.416 e. The van der Waals surface area contributed by atoms with Gasteiger partial charge in [-0.15, -0.1) is 0 Å². The van der Waals surface area contributed by atoms with Gasteiger partial charge in [0.25, 0.3) is 11.1 Å². The topological polar surface area (TPSA) is 190 Å². The first-order valence-corrected chi connectivity index (χ1v) is 20.5. The molecule has 0 unspecified atom stereocenters. The second-order valence-corrected chi connectivity index (χ2v) is 15.4. The average Bonchev–Trinajstić information content (AvgIpc) is 3.98. The molecule has 0 aliphatic rings. The van der Waals surface area contributed by atoms with E-state index in [-0.39, 0.29) is 56.4 Å². The van der Waals surface area contributed by atoms with Gasteiger partial charge in [0.15, 0.2) is 11.4 Å². The van der Waals surface area contributed by atoms with E-state index in [0.717, 1.165) is 57.3 Å². The molecule has 0 saturated carbocycles. The maximum atomic E-state index is 13.3. The minimum absolute atomic E-state index is 0.0136. The second kappa shape index (κ2) is 19.0. The molecule has 17 nitrogen and oxygen atoms in total. The summed E-state index contributed by atoms with van der Waals surface area (Å²) in [5.74, 6) is -1.41. The molecule has 4 aromatic heterocycles. The molecule has 2 N–H and O–H groups in total. The van der Waals surface area contributed by atoms with E-state index in [9.17, 15) is 60.5 Å². The van der Waals surface area contributed by atoms with E-state index >= 15 is 0 Å². The summed E-state index contributed by atoms with van der Waals surface area (Å²) >= 11 is 0. The third kappa shape index (κ3) is 9.19. The summed E-state index contributed by atoms with van der Waals surface area (Å²) in [5, 5.41) is 28.1. The Hall–Kier alpha value is -9.35.